The number of likely N-dealkylation sites (tertiary alicyclic amines) is 1. The van der Waals surface area contributed by atoms with E-state index in [0.717, 1.165) is 25.0 Å². The Morgan fingerprint density at radius 2 is 1.88 bits per heavy atom. The Balaban J connectivity index is 1.46. The molecule has 2 fully saturated rings. The summed E-state index contributed by atoms with van der Waals surface area (Å²) < 4.78 is 0. The fourth-order valence-electron chi connectivity index (χ4n) is 4.08. The Morgan fingerprint density at radius 3 is 2.44 bits per heavy atom. The van der Waals surface area contributed by atoms with E-state index in [2.05, 4.69) is 34.1 Å². The van der Waals surface area contributed by atoms with Gasteiger partial charge < -0.3 is 19.8 Å². The molecule has 2 heterocycles. The molecule has 1 aromatic rings. The van der Waals surface area contributed by atoms with Crippen LogP contribution in [0, 0.1) is 5.92 Å². The van der Waals surface area contributed by atoms with Crippen molar-refractivity contribution in [1.82, 2.24) is 9.80 Å². The number of likely N-dealkylation sites (N-methyl/N-ethyl adjacent to an activating group) is 2. The first-order valence-electron chi connectivity index (χ1n) is 9.25. The van der Waals surface area contributed by atoms with Gasteiger partial charge in [0.1, 0.15) is 0 Å². The van der Waals surface area contributed by atoms with Gasteiger partial charge in [-0.25, -0.2) is 4.79 Å². The summed E-state index contributed by atoms with van der Waals surface area (Å²) in [6.45, 7) is 5.78. The Hall–Kier alpha value is -1.79. The number of hydrogen-bond acceptors (Lipinski definition) is 4. The van der Waals surface area contributed by atoms with E-state index in [1.165, 1.54) is 44.6 Å². The van der Waals surface area contributed by atoms with E-state index in [4.69, 9.17) is 5.11 Å². The van der Waals surface area contributed by atoms with Crippen LogP contribution in [-0.4, -0.2) is 73.9 Å². The molecule has 138 valence electrons. The van der Waals surface area contributed by atoms with Crippen LogP contribution in [-0.2, 0) is 0 Å². The second-order valence-corrected chi connectivity index (χ2v) is 7.55. The lowest BCUT2D eigenvalue weighted by Gasteiger charge is -2.36. The van der Waals surface area contributed by atoms with Crippen LogP contribution < -0.4 is 10.2 Å². The zero-order valence-electron chi connectivity index (χ0n) is 15.3. The number of nitrogens with one attached hydrogen (secondary N) is 1. The summed E-state index contributed by atoms with van der Waals surface area (Å²) in [5.74, 6) is 0.778. The first kappa shape index (κ1) is 18.0. The maximum Gasteiger partial charge on any atom is 0.409 e. The standard InChI is InChI=1S/C19H30N4O2/c1-21-10-9-18(14-21)22(2)13-15-7-11-23(12-8-15)17-5-3-16(4-6-17)20-19(24)25/h3-6,15,18,20H,7-14H2,1-2H3,(H,24,25). The van der Waals surface area contributed by atoms with E-state index in [1.807, 2.05) is 24.3 Å². The van der Waals surface area contributed by atoms with Gasteiger partial charge in [-0.2, -0.15) is 0 Å². The smallest absolute Gasteiger partial charge is 0.409 e. The molecule has 0 spiro atoms. The molecular formula is C19H30N4O2. The molecule has 1 aromatic carbocycles. The molecule has 0 aliphatic carbocycles. The van der Waals surface area contributed by atoms with E-state index < -0.39 is 6.09 Å². The maximum absolute atomic E-state index is 10.7. The molecule has 1 amide bonds. The Bertz CT molecular complexity index is 569. The Morgan fingerprint density at radius 1 is 1.20 bits per heavy atom. The molecule has 2 saturated heterocycles. The summed E-state index contributed by atoms with van der Waals surface area (Å²) in [5, 5.41) is 11.1. The van der Waals surface area contributed by atoms with Crippen LogP contribution in [0.25, 0.3) is 0 Å². The van der Waals surface area contributed by atoms with E-state index in [0.29, 0.717) is 5.69 Å². The van der Waals surface area contributed by atoms with Crippen LogP contribution in [0.15, 0.2) is 24.3 Å². The van der Waals surface area contributed by atoms with Gasteiger partial charge in [0.2, 0.25) is 0 Å². The number of hydrogen-bond donors (Lipinski definition) is 2. The van der Waals surface area contributed by atoms with Gasteiger partial charge in [0.25, 0.3) is 0 Å². The van der Waals surface area contributed by atoms with E-state index >= 15 is 0 Å². The summed E-state index contributed by atoms with van der Waals surface area (Å²) in [6, 6.07) is 8.40. The minimum absolute atomic E-state index is 0.620. The lowest BCUT2D eigenvalue weighted by Crippen LogP contribution is -2.41. The van der Waals surface area contributed by atoms with Gasteiger partial charge in [0.15, 0.2) is 0 Å². The molecule has 1 unspecified atom stereocenters. The number of amides is 1. The number of carboxylic acid groups (broad SMARTS) is 1. The van der Waals surface area contributed by atoms with Crippen molar-refractivity contribution >= 4 is 17.5 Å². The highest BCUT2D eigenvalue weighted by atomic mass is 16.4. The van der Waals surface area contributed by atoms with Crippen molar-refractivity contribution in [3.8, 4) is 0 Å². The first-order valence-corrected chi connectivity index (χ1v) is 9.25. The van der Waals surface area contributed by atoms with E-state index in [1.54, 1.807) is 0 Å². The van der Waals surface area contributed by atoms with E-state index in [9.17, 15) is 4.79 Å². The highest BCUT2D eigenvalue weighted by Gasteiger charge is 2.26. The highest BCUT2D eigenvalue weighted by Crippen LogP contribution is 2.26. The summed E-state index contributed by atoms with van der Waals surface area (Å²) in [7, 11) is 4.49. The third kappa shape index (κ3) is 4.86. The van der Waals surface area contributed by atoms with Crippen molar-refractivity contribution in [2.75, 3.05) is 57.0 Å². The Labute approximate surface area is 150 Å². The normalized spacial score (nSPS) is 22.5. The van der Waals surface area contributed by atoms with Crippen LogP contribution in [0.4, 0.5) is 16.2 Å². The fraction of sp³-hybridized carbons (Fsp3) is 0.632. The monoisotopic (exact) mass is 346 g/mol. The average Bonchev–Trinajstić information content (AvgIpc) is 3.02. The van der Waals surface area contributed by atoms with Gasteiger partial charge in [-0.3, -0.25) is 5.32 Å². The molecule has 2 N–H and O–H groups in total. The topological polar surface area (TPSA) is 59.0 Å². The minimum Gasteiger partial charge on any atom is -0.465 e. The first-order chi connectivity index (χ1) is 12.0. The molecule has 2 aliphatic heterocycles. The predicted octanol–water partition coefficient (Wildman–Crippen LogP) is 2.63. The number of nitrogens with zero attached hydrogens (tertiary/aromatic N) is 3. The van der Waals surface area contributed by atoms with Crippen molar-refractivity contribution in [3.63, 3.8) is 0 Å². The summed E-state index contributed by atoms with van der Waals surface area (Å²) in [4.78, 5) is 18.1. The Kier molecular flexibility index (Phi) is 5.81. The van der Waals surface area contributed by atoms with Crippen LogP contribution in [0.2, 0.25) is 0 Å². The van der Waals surface area contributed by atoms with Crippen LogP contribution in [0.3, 0.4) is 0 Å². The molecule has 6 heteroatoms. The predicted molar refractivity (Wildman–Crippen MR) is 102 cm³/mol. The third-order valence-electron chi connectivity index (χ3n) is 5.63. The van der Waals surface area contributed by atoms with Crippen LogP contribution in [0.5, 0.6) is 0 Å². The quantitative estimate of drug-likeness (QED) is 0.858. The molecule has 1 atom stereocenters. The molecule has 0 aromatic heterocycles. The number of rotatable bonds is 5. The lowest BCUT2D eigenvalue weighted by atomic mass is 9.95. The molecule has 0 radical (unpaired) electrons. The highest BCUT2D eigenvalue weighted by molar-refractivity contribution is 5.83. The largest absolute Gasteiger partial charge is 0.465 e. The van der Waals surface area contributed by atoms with Crippen molar-refractivity contribution in [3.05, 3.63) is 24.3 Å². The molecule has 3 rings (SSSR count). The number of carbonyl (C=O) groups is 1. The zero-order chi connectivity index (χ0) is 17.8. The van der Waals surface area contributed by atoms with Crippen molar-refractivity contribution in [1.29, 1.82) is 0 Å². The van der Waals surface area contributed by atoms with Crippen molar-refractivity contribution in [2.45, 2.75) is 25.3 Å². The number of anilines is 2. The summed E-state index contributed by atoms with van der Waals surface area (Å²) in [5.41, 5.74) is 1.80. The lowest BCUT2D eigenvalue weighted by molar-refractivity contribution is 0.192. The van der Waals surface area contributed by atoms with Crippen molar-refractivity contribution in [2.24, 2.45) is 5.92 Å². The molecule has 6 nitrogen and oxygen atoms in total. The van der Waals surface area contributed by atoms with Crippen LogP contribution in [0.1, 0.15) is 19.3 Å². The van der Waals surface area contributed by atoms with Gasteiger partial charge >= 0.3 is 6.09 Å². The average molecular weight is 346 g/mol. The maximum atomic E-state index is 10.7. The second kappa shape index (κ2) is 8.06. The number of benzene rings is 1. The van der Waals surface area contributed by atoms with Gasteiger partial charge in [-0.1, -0.05) is 0 Å². The van der Waals surface area contributed by atoms with Gasteiger partial charge in [-0.15, -0.1) is 0 Å². The minimum atomic E-state index is -1.02. The van der Waals surface area contributed by atoms with Crippen molar-refractivity contribution < 1.29 is 9.90 Å². The van der Waals surface area contributed by atoms with E-state index in [-0.39, 0.29) is 0 Å². The molecule has 0 saturated carbocycles. The summed E-state index contributed by atoms with van der Waals surface area (Å²) in [6.07, 6.45) is 2.72. The van der Waals surface area contributed by atoms with Crippen LogP contribution >= 0.6 is 0 Å². The number of piperidine rings is 1. The van der Waals surface area contributed by atoms with Gasteiger partial charge in [-0.05, 0) is 70.1 Å². The second-order valence-electron chi connectivity index (χ2n) is 7.55. The third-order valence-corrected chi connectivity index (χ3v) is 5.63. The molecular weight excluding hydrogens is 316 g/mol. The molecule has 25 heavy (non-hydrogen) atoms. The molecule has 2 aliphatic rings. The fourth-order valence-corrected chi connectivity index (χ4v) is 4.08. The van der Waals surface area contributed by atoms with Gasteiger partial charge in [0, 0.05) is 43.6 Å². The SMILES string of the molecule is CN1CCC(N(C)CC2CCN(c3ccc(NC(=O)O)cc3)CC2)C1. The molecule has 0 bridgehead atoms. The zero-order valence-corrected chi connectivity index (χ0v) is 15.3. The summed E-state index contributed by atoms with van der Waals surface area (Å²) >= 11 is 0. The van der Waals surface area contributed by atoms with Gasteiger partial charge in [0.05, 0.1) is 0 Å².